The van der Waals surface area contributed by atoms with Crippen LogP contribution in [0.1, 0.15) is 40.7 Å². The molecule has 0 fully saturated rings. The maximum absolute atomic E-state index is 14.9. The lowest BCUT2D eigenvalue weighted by Crippen LogP contribution is -2.20. The highest BCUT2D eigenvalue weighted by Crippen LogP contribution is 2.34. The zero-order chi connectivity index (χ0) is 24.4. The molecule has 0 aliphatic heterocycles. The van der Waals surface area contributed by atoms with E-state index in [-0.39, 0.29) is 35.1 Å². The van der Waals surface area contributed by atoms with Crippen LogP contribution in [0.5, 0.6) is 11.5 Å². The summed E-state index contributed by atoms with van der Waals surface area (Å²) in [5, 5.41) is 18.6. The molecular weight excluding hydrogens is 466 g/mol. The quantitative estimate of drug-likeness (QED) is 0.405. The van der Waals surface area contributed by atoms with E-state index in [0.29, 0.717) is 5.01 Å². The van der Waals surface area contributed by atoms with Gasteiger partial charge in [0.1, 0.15) is 28.1 Å². The predicted octanol–water partition coefficient (Wildman–Crippen LogP) is 4.70. The van der Waals surface area contributed by atoms with E-state index < -0.39 is 28.7 Å². The lowest BCUT2D eigenvalue weighted by atomic mass is 10.1. The van der Waals surface area contributed by atoms with Crippen LogP contribution in [0, 0.1) is 11.6 Å². The largest absolute Gasteiger partial charge is 0.478 e. The molecule has 0 spiro atoms. The van der Waals surface area contributed by atoms with Gasteiger partial charge in [0.2, 0.25) is 0 Å². The number of hydrogen-bond donors (Lipinski definition) is 1. The van der Waals surface area contributed by atoms with Gasteiger partial charge in [0.25, 0.3) is 5.56 Å². The molecule has 0 radical (unpaired) electrons. The van der Waals surface area contributed by atoms with Gasteiger partial charge in [-0.15, -0.1) is 10.2 Å². The summed E-state index contributed by atoms with van der Waals surface area (Å²) in [5.74, 6) is -2.92. The summed E-state index contributed by atoms with van der Waals surface area (Å²) in [6.45, 7) is 3.81. The molecule has 0 aliphatic carbocycles. The summed E-state index contributed by atoms with van der Waals surface area (Å²) in [5.41, 5.74) is -0.631. The van der Waals surface area contributed by atoms with Crippen molar-refractivity contribution in [3.63, 3.8) is 0 Å². The van der Waals surface area contributed by atoms with E-state index in [9.17, 15) is 23.5 Å². The van der Waals surface area contributed by atoms with Crippen LogP contribution in [0.15, 0.2) is 53.7 Å². The predicted molar refractivity (Wildman–Crippen MR) is 120 cm³/mol. The Kier molecular flexibility index (Phi) is 6.46. The molecule has 8 nitrogen and oxygen atoms in total. The molecular formula is C23H18F2N4O4S. The van der Waals surface area contributed by atoms with Crippen molar-refractivity contribution in [2.75, 3.05) is 0 Å². The molecule has 4 rings (SSSR count). The topological polar surface area (TPSA) is 107 Å². The second-order valence-corrected chi connectivity index (χ2v) is 8.64. The van der Waals surface area contributed by atoms with Gasteiger partial charge < -0.3 is 14.4 Å². The number of carbonyl (C=O) groups is 1. The smallest absolute Gasteiger partial charge is 0.338 e. The van der Waals surface area contributed by atoms with Gasteiger partial charge in [0.05, 0.1) is 18.3 Å². The first kappa shape index (κ1) is 23.2. The highest BCUT2D eigenvalue weighted by molar-refractivity contribution is 7.14. The summed E-state index contributed by atoms with van der Waals surface area (Å²) < 4.78 is 36.3. The summed E-state index contributed by atoms with van der Waals surface area (Å²) in [6.07, 6.45) is 3.88. The van der Waals surface area contributed by atoms with Crippen LogP contribution in [0.25, 0.3) is 10.6 Å². The highest BCUT2D eigenvalue weighted by atomic mass is 32.1. The first-order chi connectivity index (χ1) is 16.2. The molecule has 174 valence electrons. The summed E-state index contributed by atoms with van der Waals surface area (Å²) in [6, 6.07) is 6.07. The molecule has 4 aromatic rings. The van der Waals surface area contributed by atoms with Crippen LogP contribution in [-0.2, 0) is 6.54 Å². The van der Waals surface area contributed by atoms with Crippen molar-refractivity contribution in [1.29, 1.82) is 0 Å². The van der Waals surface area contributed by atoms with Crippen molar-refractivity contribution in [3.8, 4) is 22.1 Å². The Balaban J connectivity index is 1.70. The normalized spacial score (nSPS) is 11.1. The minimum absolute atomic E-state index is 0.0346. The Morgan fingerprint density at radius 2 is 1.97 bits per heavy atom. The lowest BCUT2D eigenvalue weighted by molar-refractivity contribution is 0.0691. The average molecular weight is 484 g/mol. The van der Waals surface area contributed by atoms with E-state index in [0.717, 1.165) is 29.4 Å². The molecule has 11 heteroatoms. The first-order valence-corrected chi connectivity index (χ1v) is 10.9. The molecule has 0 unspecified atom stereocenters. The fourth-order valence-electron chi connectivity index (χ4n) is 3.10. The third kappa shape index (κ3) is 4.84. The molecule has 0 atom stereocenters. The van der Waals surface area contributed by atoms with Gasteiger partial charge in [0.15, 0.2) is 5.01 Å². The molecule has 0 amide bonds. The summed E-state index contributed by atoms with van der Waals surface area (Å²) >= 11 is 1.28. The Labute approximate surface area is 196 Å². The third-order valence-electron chi connectivity index (χ3n) is 4.86. The SMILES string of the molecule is CC(C)c1nnc(-c2ccc(Oc3cc(C(=O)O)c(F)cc3Cn3ccncc3=O)cc2F)s1. The molecule has 0 bridgehead atoms. The Bertz CT molecular complexity index is 1430. The van der Waals surface area contributed by atoms with E-state index in [4.69, 9.17) is 4.74 Å². The van der Waals surface area contributed by atoms with Gasteiger partial charge in [-0.25, -0.2) is 13.6 Å². The Morgan fingerprint density at radius 1 is 1.18 bits per heavy atom. The van der Waals surface area contributed by atoms with E-state index in [1.807, 2.05) is 13.8 Å². The number of aromatic nitrogens is 4. The number of halogens is 2. The van der Waals surface area contributed by atoms with E-state index in [2.05, 4.69) is 15.2 Å². The molecule has 0 saturated carbocycles. The van der Waals surface area contributed by atoms with E-state index in [1.54, 1.807) is 0 Å². The van der Waals surface area contributed by atoms with Gasteiger partial charge >= 0.3 is 5.97 Å². The molecule has 2 aromatic heterocycles. The van der Waals surface area contributed by atoms with Crippen LogP contribution < -0.4 is 10.3 Å². The number of rotatable bonds is 7. The number of hydrogen-bond acceptors (Lipinski definition) is 7. The molecule has 2 aromatic carbocycles. The molecule has 1 N–H and O–H groups in total. The van der Waals surface area contributed by atoms with Crippen molar-refractivity contribution in [3.05, 3.63) is 87.0 Å². The molecule has 34 heavy (non-hydrogen) atoms. The number of benzene rings is 2. The zero-order valence-corrected chi connectivity index (χ0v) is 18.8. The Hall–Kier alpha value is -3.99. The van der Waals surface area contributed by atoms with Gasteiger partial charge in [-0.05, 0) is 24.3 Å². The van der Waals surface area contributed by atoms with Crippen molar-refractivity contribution >= 4 is 17.3 Å². The first-order valence-electron chi connectivity index (χ1n) is 10.1. The minimum Gasteiger partial charge on any atom is -0.478 e. The highest BCUT2D eigenvalue weighted by Gasteiger charge is 2.19. The second-order valence-electron chi connectivity index (χ2n) is 7.63. The van der Waals surface area contributed by atoms with Crippen molar-refractivity contribution in [1.82, 2.24) is 19.7 Å². The standard InChI is InChI=1S/C23H18F2N4O4S/c1-12(2)21-27-28-22(34-21)15-4-3-14(8-18(15)25)33-19-9-16(23(31)32)17(24)7-13(19)11-29-6-5-26-10-20(29)30/h3-10,12H,11H2,1-2H3,(H,31,32). The van der Waals surface area contributed by atoms with Crippen LogP contribution in [-0.4, -0.2) is 30.8 Å². The Morgan fingerprint density at radius 3 is 2.62 bits per heavy atom. The second kappa shape index (κ2) is 9.48. The van der Waals surface area contributed by atoms with Gasteiger partial charge in [-0.3, -0.25) is 9.78 Å². The van der Waals surface area contributed by atoms with Gasteiger partial charge in [-0.2, -0.15) is 0 Å². The maximum atomic E-state index is 14.9. The monoisotopic (exact) mass is 484 g/mol. The fraction of sp³-hybridized carbons (Fsp3) is 0.174. The number of carboxylic acids is 1. The van der Waals surface area contributed by atoms with Crippen molar-refractivity contribution in [2.24, 2.45) is 0 Å². The molecule has 2 heterocycles. The molecule has 0 saturated heterocycles. The fourth-order valence-corrected chi connectivity index (χ4v) is 3.97. The van der Waals surface area contributed by atoms with Crippen molar-refractivity contribution in [2.45, 2.75) is 26.3 Å². The van der Waals surface area contributed by atoms with Crippen LogP contribution in [0.2, 0.25) is 0 Å². The minimum atomic E-state index is -1.49. The summed E-state index contributed by atoms with van der Waals surface area (Å²) in [7, 11) is 0. The average Bonchev–Trinajstić information content (AvgIpc) is 3.27. The van der Waals surface area contributed by atoms with Gasteiger partial charge in [0, 0.05) is 35.5 Å². The van der Waals surface area contributed by atoms with Crippen LogP contribution in [0.4, 0.5) is 8.78 Å². The van der Waals surface area contributed by atoms with Crippen LogP contribution in [0.3, 0.4) is 0 Å². The van der Waals surface area contributed by atoms with E-state index in [1.165, 1.54) is 40.4 Å². The maximum Gasteiger partial charge on any atom is 0.338 e. The lowest BCUT2D eigenvalue weighted by Gasteiger charge is -2.14. The number of nitrogens with zero attached hydrogens (tertiary/aromatic N) is 4. The van der Waals surface area contributed by atoms with Crippen LogP contribution >= 0.6 is 11.3 Å². The van der Waals surface area contributed by atoms with E-state index >= 15 is 0 Å². The number of aromatic carboxylic acids is 1. The number of carboxylic acid groups (broad SMARTS) is 1. The number of ether oxygens (including phenoxy) is 1. The summed E-state index contributed by atoms with van der Waals surface area (Å²) in [4.78, 5) is 27.2. The van der Waals surface area contributed by atoms with Crippen molar-refractivity contribution < 1.29 is 23.4 Å². The molecule has 0 aliphatic rings. The third-order valence-corrected chi connectivity index (χ3v) is 6.11. The zero-order valence-electron chi connectivity index (χ0n) is 18.0. The van der Waals surface area contributed by atoms with Gasteiger partial charge in [-0.1, -0.05) is 25.2 Å².